The molecule has 0 amide bonds. The van der Waals surface area contributed by atoms with Crippen LogP contribution in [0.5, 0.6) is 11.5 Å². The number of ether oxygens (including phenoxy) is 1. The average Bonchev–Trinajstić information content (AvgIpc) is 2.39. The number of nitrogens with zero attached hydrogens (tertiary/aromatic N) is 2. The second kappa shape index (κ2) is 4.67. The Hall–Kier alpha value is -2.34. The summed E-state index contributed by atoms with van der Waals surface area (Å²) in [5.74, 6) is 6.17. The van der Waals surface area contributed by atoms with Gasteiger partial charge in [-0.2, -0.15) is 0 Å². The fraction of sp³-hybridized carbons (Fsp3) is 0.0909. The van der Waals surface area contributed by atoms with Gasteiger partial charge < -0.3 is 15.3 Å². The van der Waals surface area contributed by atoms with Crippen LogP contribution in [0.25, 0.3) is 11.3 Å². The lowest BCUT2D eigenvalue weighted by Crippen LogP contribution is -2.08. The monoisotopic (exact) mass is 232 g/mol. The van der Waals surface area contributed by atoms with E-state index in [1.807, 2.05) is 0 Å². The number of rotatable bonds is 3. The maximum atomic E-state index is 9.48. The Morgan fingerprint density at radius 2 is 2.06 bits per heavy atom. The summed E-state index contributed by atoms with van der Waals surface area (Å²) in [5.41, 5.74) is 3.87. The average molecular weight is 232 g/mol. The SMILES string of the molecule is COc1cc(-c2ccc(NN)nn2)ccc1O. The number of nitrogen functional groups attached to an aromatic ring is 1. The van der Waals surface area contributed by atoms with E-state index in [1.54, 1.807) is 30.3 Å². The van der Waals surface area contributed by atoms with Crippen LogP contribution in [0.3, 0.4) is 0 Å². The van der Waals surface area contributed by atoms with E-state index >= 15 is 0 Å². The molecule has 1 aromatic heterocycles. The smallest absolute Gasteiger partial charge is 0.162 e. The maximum Gasteiger partial charge on any atom is 0.162 e. The number of nitrogens with one attached hydrogen (secondary N) is 1. The first kappa shape index (κ1) is 11.2. The molecule has 6 nitrogen and oxygen atoms in total. The number of hydrogen-bond donors (Lipinski definition) is 3. The van der Waals surface area contributed by atoms with Gasteiger partial charge in [-0.05, 0) is 30.3 Å². The maximum absolute atomic E-state index is 9.48. The van der Waals surface area contributed by atoms with Crippen molar-refractivity contribution in [1.29, 1.82) is 0 Å². The van der Waals surface area contributed by atoms with Gasteiger partial charge in [0.2, 0.25) is 0 Å². The van der Waals surface area contributed by atoms with Gasteiger partial charge in [0.25, 0.3) is 0 Å². The van der Waals surface area contributed by atoms with Crippen LogP contribution in [0.1, 0.15) is 0 Å². The van der Waals surface area contributed by atoms with Crippen LogP contribution < -0.4 is 16.0 Å². The molecule has 0 radical (unpaired) electrons. The molecule has 0 fully saturated rings. The third kappa shape index (κ3) is 2.26. The zero-order valence-corrected chi connectivity index (χ0v) is 9.21. The second-order valence-corrected chi connectivity index (χ2v) is 3.33. The quantitative estimate of drug-likeness (QED) is 0.543. The minimum atomic E-state index is 0.0875. The Bertz CT molecular complexity index is 513. The summed E-state index contributed by atoms with van der Waals surface area (Å²) in [6.45, 7) is 0. The minimum Gasteiger partial charge on any atom is -0.504 e. The highest BCUT2D eigenvalue weighted by Gasteiger charge is 2.06. The summed E-state index contributed by atoms with van der Waals surface area (Å²) in [6.07, 6.45) is 0. The van der Waals surface area contributed by atoms with Crippen LogP contribution in [0.2, 0.25) is 0 Å². The van der Waals surface area contributed by atoms with Crippen molar-refractivity contribution in [1.82, 2.24) is 10.2 Å². The molecular weight excluding hydrogens is 220 g/mol. The molecule has 0 aliphatic rings. The Morgan fingerprint density at radius 1 is 1.24 bits per heavy atom. The summed E-state index contributed by atoms with van der Waals surface area (Å²) in [4.78, 5) is 0. The fourth-order valence-electron chi connectivity index (χ4n) is 1.40. The molecule has 1 aromatic carbocycles. The number of hydrogen-bond acceptors (Lipinski definition) is 6. The fourth-order valence-corrected chi connectivity index (χ4v) is 1.40. The van der Waals surface area contributed by atoms with Gasteiger partial charge in [-0.1, -0.05) is 0 Å². The Balaban J connectivity index is 2.38. The Morgan fingerprint density at radius 3 is 2.65 bits per heavy atom. The topological polar surface area (TPSA) is 93.3 Å². The van der Waals surface area contributed by atoms with Crippen LogP contribution in [-0.4, -0.2) is 22.4 Å². The van der Waals surface area contributed by atoms with Crippen LogP contribution >= 0.6 is 0 Å². The number of methoxy groups -OCH3 is 1. The van der Waals surface area contributed by atoms with Crippen molar-refractivity contribution in [3.63, 3.8) is 0 Å². The first-order valence-electron chi connectivity index (χ1n) is 4.92. The number of aromatic nitrogens is 2. The van der Waals surface area contributed by atoms with E-state index in [2.05, 4.69) is 15.6 Å². The highest BCUT2D eigenvalue weighted by molar-refractivity contribution is 5.63. The number of hydrazine groups is 1. The molecule has 0 aliphatic carbocycles. The van der Waals surface area contributed by atoms with Crippen molar-refractivity contribution in [3.05, 3.63) is 30.3 Å². The number of aromatic hydroxyl groups is 1. The summed E-state index contributed by atoms with van der Waals surface area (Å²) in [7, 11) is 1.49. The summed E-state index contributed by atoms with van der Waals surface area (Å²) >= 11 is 0. The summed E-state index contributed by atoms with van der Waals surface area (Å²) in [5, 5.41) is 17.3. The lowest BCUT2D eigenvalue weighted by atomic mass is 10.1. The van der Waals surface area contributed by atoms with Crippen molar-refractivity contribution < 1.29 is 9.84 Å². The highest BCUT2D eigenvalue weighted by atomic mass is 16.5. The lowest BCUT2D eigenvalue weighted by molar-refractivity contribution is 0.373. The van der Waals surface area contributed by atoms with E-state index < -0.39 is 0 Å². The third-order valence-corrected chi connectivity index (χ3v) is 2.29. The van der Waals surface area contributed by atoms with Gasteiger partial charge in [-0.25, -0.2) is 5.84 Å². The second-order valence-electron chi connectivity index (χ2n) is 3.33. The molecule has 0 saturated heterocycles. The molecule has 0 bridgehead atoms. The van der Waals surface area contributed by atoms with Gasteiger partial charge >= 0.3 is 0 Å². The highest BCUT2D eigenvalue weighted by Crippen LogP contribution is 2.30. The van der Waals surface area contributed by atoms with E-state index in [-0.39, 0.29) is 5.75 Å². The normalized spacial score (nSPS) is 10.0. The van der Waals surface area contributed by atoms with Crippen LogP contribution in [-0.2, 0) is 0 Å². The van der Waals surface area contributed by atoms with Crippen molar-refractivity contribution in [2.45, 2.75) is 0 Å². The summed E-state index contributed by atoms with van der Waals surface area (Å²) in [6, 6.07) is 8.45. The first-order valence-corrected chi connectivity index (χ1v) is 4.92. The van der Waals surface area contributed by atoms with Crippen LogP contribution in [0, 0.1) is 0 Å². The molecule has 0 atom stereocenters. The largest absolute Gasteiger partial charge is 0.504 e. The van der Waals surface area contributed by atoms with E-state index in [0.717, 1.165) is 5.56 Å². The van der Waals surface area contributed by atoms with Gasteiger partial charge in [-0.15, -0.1) is 10.2 Å². The van der Waals surface area contributed by atoms with Crippen molar-refractivity contribution in [3.8, 4) is 22.8 Å². The molecule has 6 heteroatoms. The van der Waals surface area contributed by atoms with Crippen molar-refractivity contribution in [2.75, 3.05) is 12.5 Å². The molecule has 2 aromatic rings. The summed E-state index contributed by atoms with van der Waals surface area (Å²) < 4.78 is 5.02. The van der Waals surface area contributed by atoms with E-state index in [1.165, 1.54) is 7.11 Å². The Kier molecular flexibility index (Phi) is 3.06. The van der Waals surface area contributed by atoms with Gasteiger partial charge in [0.05, 0.1) is 12.8 Å². The van der Waals surface area contributed by atoms with Crippen molar-refractivity contribution >= 4 is 5.82 Å². The molecule has 88 valence electrons. The van der Waals surface area contributed by atoms with E-state index in [4.69, 9.17) is 10.6 Å². The standard InChI is InChI=1S/C11H12N4O2/c1-17-10-6-7(2-4-9(10)16)8-3-5-11(13-12)15-14-8/h2-6,16H,12H2,1H3,(H,13,15). The predicted octanol–water partition coefficient (Wildman–Crippen LogP) is 1.14. The van der Waals surface area contributed by atoms with Gasteiger partial charge in [-0.3, -0.25) is 0 Å². The number of nitrogens with two attached hydrogens (primary N) is 1. The van der Waals surface area contributed by atoms with Crippen LogP contribution in [0.4, 0.5) is 5.82 Å². The lowest BCUT2D eigenvalue weighted by Gasteiger charge is -2.06. The van der Waals surface area contributed by atoms with Gasteiger partial charge in [0, 0.05) is 5.56 Å². The van der Waals surface area contributed by atoms with Gasteiger partial charge in [0.15, 0.2) is 17.3 Å². The van der Waals surface area contributed by atoms with E-state index in [0.29, 0.717) is 17.3 Å². The number of benzene rings is 1. The van der Waals surface area contributed by atoms with Crippen molar-refractivity contribution in [2.24, 2.45) is 5.84 Å². The third-order valence-electron chi connectivity index (χ3n) is 2.29. The zero-order chi connectivity index (χ0) is 12.3. The van der Waals surface area contributed by atoms with Gasteiger partial charge in [0.1, 0.15) is 0 Å². The molecule has 17 heavy (non-hydrogen) atoms. The molecule has 0 spiro atoms. The molecule has 2 rings (SSSR count). The van der Waals surface area contributed by atoms with E-state index in [9.17, 15) is 5.11 Å². The van der Waals surface area contributed by atoms with Crippen LogP contribution in [0.15, 0.2) is 30.3 Å². The number of phenolic OH excluding ortho intramolecular Hbond substituents is 1. The number of anilines is 1. The molecular formula is C11H12N4O2. The first-order chi connectivity index (χ1) is 8.24. The molecule has 0 aliphatic heterocycles. The molecule has 0 unspecified atom stereocenters. The zero-order valence-electron chi connectivity index (χ0n) is 9.21. The minimum absolute atomic E-state index is 0.0875. The molecule has 1 heterocycles. The predicted molar refractivity (Wildman–Crippen MR) is 63.5 cm³/mol. The molecule has 4 N–H and O–H groups in total. The number of phenols is 1. The molecule has 0 saturated carbocycles. The Labute approximate surface area is 98.0 Å².